The smallest absolute Gasteiger partial charge is 0.344 e. The van der Waals surface area contributed by atoms with E-state index < -0.39 is 36.9 Å². The topological polar surface area (TPSA) is 94.5 Å². The standard InChI is InChI=1S/C26H23FN2O6/c27-18-6-2-7-20(14-18)34-16-24(31)35-15-23(30)29-26(22-10-4-12-33-22)21-9-1-5-17(25(21)28-29)13-19-8-3-11-32-19/h2-4,6-8,10-14,21,26H,1,5,9,15-16H2. The molecule has 1 aliphatic carbocycles. The third-order valence-corrected chi connectivity index (χ3v) is 5.96. The van der Waals surface area contributed by atoms with Gasteiger partial charge in [-0.2, -0.15) is 5.10 Å². The van der Waals surface area contributed by atoms with E-state index in [1.54, 1.807) is 18.6 Å². The number of fused-ring (bicyclic) bond motifs is 1. The molecule has 1 fully saturated rings. The number of carbonyl (C=O) groups is 2. The molecule has 1 amide bonds. The Balaban J connectivity index is 1.29. The largest absolute Gasteiger partial charge is 0.482 e. The zero-order valence-electron chi connectivity index (χ0n) is 18.8. The summed E-state index contributed by atoms with van der Waals surface area (Å²) in [5.41, 5.74) is 1.81. The Labute approximate surface area is 200 Å². The molecule has 3 heterocycles. The van der Waals surface area contributed by atoms with Gasteiger partial charge in [0.05, 0.1) is 18.2 Å². The second-order valence-corrected chi connectivity index (χ2v) is 8.27. The van der Waals surface area contributed by atoms with Gasteiger partial charge in [-0.05, 0) is 67.3 Å². The van der Waals surface area contributed by atoms with Gasteiger partial charge in [-0.3, -0.25) is 4.79 Å². The van der Waals surface area contributed by atoms with Crippen LogP contribution in [0.5, 0.6) is 5.75 Å². The average molecular weight is 478 g/mol. The average Bonchev–Trinajstić information content (AvgIpc) is 3.62. The first-order chi connectivity index (χ1) is 17.1. The first-order valence-corrected chi connectivity index (χ1v) is 11.3. The Morgan fingerprint density at radius 3 is 2.74 bits per heavy atom. The van der Waals surface area contributed by atoms with Crippen molar-refractivity contribution in [2.75, 3.05) is 13.2 Å². The molecule has 5 rings (SSSR count). The number of furan rings is 2. The van der Waals surface area contributed by atoms with E-state index in [9.17, 15) is 14.0 Å². The molecule has 2 unspecified atom stereocenters. The molecule has 2 atom stereocenters. The summed E-state index contributed by atoms with van der Waals surface area (Å²) < 4.78 is 34.7. The molecule has 35 heavy (non-hydrogen) atoms. The van der Waals surface area contributed by atoms with Crippen LogP contribution in [-0.4, -0.2) is 35.8 Å². The second-order valence-electron chi connectivity index (χ2n) is 8.27. The van der Waals surface area contributed by atoms with Crippen LogP contribution in [-0.2, 0) is 14.3 Å². The first kappa shape index (κ1) is 22.6. The monoisotopic (exact) mass is 478 g/mol. The Morgan fingerprint density at radius 2 is 1.97 bits per heavy atom. The quantitative estimate of drug-likeness (QED) is 0.455. The van der Waals surface area contributed by atoms with Crippen LogP contribution in [0.25, 0.3) is 6.08 Å². The molecular weight excluding hydrogens is 455 g/mol. The third-order valence-electron chi connectivity index (χ3n) is 5.96. The van der Waals surface area contributed by atoms with Crippen LogP contribution in [0, 0.1) is 11.7 Å². The predicted octanol–water partition coefficient (Wildman–Crippen LogP) is 4.76. The molecule has 0 spiro atoms. The number of ether oxygens (including phenoxy) is 2. The summed E-state index contributed by atoms with van der Waals surface area (Å²) in [6.45, 7) is -0.963. The number of carbonyl (C=O) groups excluding carboxylic acids is 2. The summed E-state index contributed by atoms with van der Waals surface area (Å²) in [4.78, 5) is 25.2. The van der Waals surface area contributed by atoms with Crippen molar-refractivity contribution < 1.29 is 32.3 Å². The normalized spacial score (nSPS) is 20.4. The van der Waals surface area contributed by atoms with E-state index in [0.29, 0.717) is 5.76 Å². The van der Waals surface area contributed by atoms with Gasteiger partial charge in [-0.1, -0.05) is 6.07 Å². The highest BCUT2D eigenvalue weighted by Crippen LogP contribution is 2.44. The first-order valence-electron chi connectivity index (χ1n) is 11.3. The molecule has 0 N–H and O–H groups in total. The van der Waals surface area contributed by atoms with E-state index in [1.165, 1.54) is 23.2 Å². The predicted molar refractivity (Wildman–Crippen MR) is 123 cm³/mol. The fraction of sp³-hybridized carbons (Fsp3) is 0.269. The fourth-order valence-corrected chi connectivity index (χ4v) is 4.44. The Bertz CT molecular complexity index is 1250. The molecular formula is C26H23FN2O6. The molecule has 0 radical (unpaired) electrons. The molecule has 180 valence electrons. The summed E-state index contributed by atoms with van der Waals surface area (Å²) in [6.07, 6.45) is 7.70. The van der Waals surface area contributed by atoms with E-state index in [1.807, 2.05) is 24.3 Å². The highest BCUT2D eigenvalue weighted by atomic mass is 19.1. The molecule has 2 aromatic heterocycles. The molecule has 0 saturated heterocycles. The minimum Gasteiger partial charge on any atom is -0.482 e. The number of hydrogen-bond acceptors (Lipinski definition) is 7. The van der Waals surface area contributed by atoms with Crippen molar-refractivity contribution in [2.24, 2.45) is 11.0 Å². The molecule has 1 aliphatic heterocycles. The van der Waals surface area contributed by atoms with Crippen LogP contribution >= 0.6 is 0 Å². The Hall–Kier alpha value is -4.14. The molecule has 2 aliphatic rings. The maximum atomic E-state index is 13.3. The molecule has 1 aromatic carbocycles. The van der Waals surface area contributed by atoms with Crippen LogP contribution in [0.1, 0.15) is 36.8 Å². The SMILES string of the molecule is O=C(COc1cccc(F)c1)OCC(=O)N1N=C2C(=Cc3ccco3)CCCC2C1c1ccco1. The van der Waals surface area contributed by atoms with Gasteiger partial charge in [0.1, 0.15) is 29.1 Å². The van der Waals surface area contributed by atoms with E-state index in [4.69, 9.17) is 18.3 Å². The van der Waals surface area contributed by atoms with Gasteiger partial charge in [-0.15, -0.1) is 0 Å². The van der Waals surface area contributed by atoms with E-state index in [0.717, 1.165) is 42.4 Å². The Kier molecular flexibility index (Phi) is 6.47. The Morgan fingerprint density at radius 1 is 1.11 bits per heavy atom. The van der Waals surface area contributed by atoms with Crippen molar-refractivity contribution in [3.63, 3.8) is 0 Å². The summed E-state index contributed by atoms with van der Waals surface area (Å²) >= 11 is 0. The number of esters is 1. The van der Waals surface area contributed by atoms with Crippen LogP contribution in [0.3, 0.4) is 0 Å². The number of hydrogen-bond donors (Lipinski definition) is 0. The van der Waals surface area contributed by atoms with Crippen LogP contribution in [0.15, 0.2) is 80.6 Å². The number of halogens is 1. The summed E-state index contributed by atoms with van der Waals surface area (Å²) in [5, 5.41) is 6.00. The maximum absolute atomic E-state index is 13.3. The lowest BCUT2D eigenvalue weighted by molar-refractivity contribution is -0.154. The number of amides is 1. The summed E-state index contributed by atoms with van der Waals surface area (Å²) in [6, 6.07) is 12.2. The lowest BCUT2D eigenvalue weighted by atomic mass is 9.79. The highest BCUT2D eigenvalue weighted by molar-refractivity contribution is 6.08. The zero-order chi connectivity index (χ0) is 24.2. The van der Waals surface area contributed by atoms with Gasteiger partial charge in [-0.25, -0.2) is 14.2 Å². The van der Waals surface area contributed by atoms with Crippen molar-refractivity contribution in [1.29, 1.82) is 0 Å². The van der Waals surface area contributed by atoms with Gasteiger partial charge in [0.2, 0.25) is 0 Å². The number of allylic oxidation sites excluding steroid dienone is 1. The van der Waals surface area contributed by atoms with E-state index in [-0.39, 0.29) is 11.7 Å². The van der Waals surface area contributed by atoms with Gasteiger partial charge in [0, 0.05) is 12.0 Å². The van der Waals surface area contributed by atoms with Crippen LogP contribution in [0.2, 0.25) is 0 Å². The van der Waals surface area contributed by atoms with Crippen LogP contribution < -0.4 is 4.74 Å². The molecule has 8 nitrogen and oxygen atoms in total. The highest BCUT2D eigenvalue weighted by Gasteiger charge is 2.45. The third kappa shape index (κ3) is 5.03. The number of hydrazone groups is 1. The molecule has 9 heteroatoms. The molecule has 3 aromatic rings. The number of rotatable bonds is 7. The molecule has 1 saturated carbocycles. The van der Waals surface area contributed by atoms with Gasteiger partial charge in [0.15, 0.2) is 13.2 Å². The second kappa shape index (κ2) is 10.0. The van der Waals surface area contributed by atoms with Crippen molar-refractivity contribution in [3.8, 4) is 5.75 Å². The van der Waals surface area contributed by atoms with Crippen molar-refractivity contribution >= 4 is 23.7 Å². The van der Waals surface area contributed by atoms with E-state index in [2.05, 4.69) is 5.10 Å². The van der Waals surface area contributed by atoms with Crippen LogP contribution in [0.4, 0.5) is 4.39 Å². The van der Waals surface area contributed by atoms with Gasteiger partial charge in [0.25, 0.3) is 5.91 Å². The lowest BCUT2D eigenvalue weighted by Gasteiger charge is -2.27. The van der Waals surface area contributed by atoms with Crippen molar-refractivity contribution in [2.45, 2.75) is 25.3 Å². The van der Waals surface area contributed by atoms with Gasteiger partial charge < -0.3 is 18.3 Å². The minimum atomic E-state index is -0.750. The maximum Gasteiger partial charge on any atom is 0.344 e. The zero-order valence-corrected chi connectivity index (χ0v) is 18.8. The van der Waals surface area contributed by atoms with E-state index >= 15 is 0 Å². The summed E-state index contributed by atoms with van der Waals surface area (Å²) in [5.74, 6) is -0.240. The van der Waals surface area contributed by atoms with Crippen molar-refractivity contribution in [1.82, 2.24) is 5.01 Å². The van der Waals surface area contributed by atoms with Crippen molar-refractivity contribution in [3.05, 3.63) is 84.0 Å². The minimum absolute atomic E-state index is 0.0490. The lowest BCUT2D eigenvalue weighted by Crippen LogP contribution is -2.34. The number of nitrogens with zero attached hydrogens (tertiary/aromatic N) is 2. The fourth-order valence-electron chi connectivity index (χ4n) is 4.44. The number of benzene rings is 1. The summed E-state index contributed by atoms with van der Waals surface area (Å²) in [7, 11) is 0. The van der Waals surface area contributed by atoms with Gasteiger partial charge >= 0.3 is 5.97 Å². The molecule has 0 bridgehead atoms.